The highest BCUT2D eigenvalue weighted by Gasteiger charge is 2.05. The molecule has 1 N–H and O–H groups in total. The fraction of sp³-hybridized carbons (Fsp3) is 0.455. The van der Waals surface area contributed by atoms with E-state index in [1.165, 1.54) is 10.5 Å². The van der Waals surface area contributed by atoms with Crippen LogP contribution >= 0.6 is 0 Å². The molecule has 0 bridgehead atoms. The summed E-state index contributed by atoms with van der Waals surface area (Å²) in [5, 5.41) is 2.80. The Morgan fingerprint density at radius 2 is 2.27 bits per heavy atom. The molecule has 0 aromatic carbocycles. The summed E-state index contributed by atoms with van der Waals surface area (Å²) < 4.78 is 0. The minimum absolute atomic E-state index is 0.0947. The fourth-order valence-electron chi connectivity index (χ4n) is 1.27. The van der Waals surface area contributed by atoms with Crippen molar-refractivity contribution in [3.63, 3.8) is 0 Å². The quantitative estimate of drug-likeness (QED) is 0.814. The highest BCUT2D eigenvalue weighted by atomic mass is 16.2. The first-order valence-corrected chi connectivity index (χ1v) is 5.03. The van der Waals surface area contributed by atoms with Crippen LogP contribution in [0.5, 0.6) is 0 Å². The standard InChI is InChI=1S/C11H17N3O/c1-4-9-6-5-7-12-10(9)8-13-11(15)14(2)3/h5-7H,4,8H2,1-3H3,(H,13,15). The number of hydrogen-bond acceptors (Lipinski definition) is 2. The van der Waals surface area contributed by atoms with Gasteiger partial charge in [0.1, 0.15) is 0 Å². The molecule has 0 fully saturated rings. The average molecular weight is 207 g/mol. The smallest absolute Gasteiger partial charge is 0.317 e. The average Bonchev–Trinajstić information content (AvgIpc) is 2.26. The molecule has 0 saturated heterocycles. The third-order valence-corrected chi connectivity index (χ3v) is 2.18. The van der Waals surface area contributed by atoms with Crippen molar-refractivity contribution >= 4 is 6.03 Å². The molecule has 82 valence electrons. The van der Waals surface area contributed by atoms with Crippen LogP contribution < -0.4 is 5.32 Å². The Kier molecular flexibility index (Phi) is 4.09. The minimum Gasteiger partial charge on any atom is -0.332 e. The molecular formula is C11H17N3O. The molecule has 0 atom stereocenters. The van der Waals surface area contributed by atoms with E-state index in [4.69, 9.17) is 0 Å². The summed E-state index contributed by atoms with van der Waals surface area (Å²) in [5.74, 6) is 0. The van der Waals surface area contributed by atoms with Crippen LogP contribution in [0.4, 0.5) is 4.79 Å². The summed E-state index contributed by atoms with van der Waals surface area (Å²) in [5.41, 5.74) is 2.12. The molecule has 1 aromatic rings. The number of urea groups is 1. The number of nitrogens with zero attached hydrogens (tertiary/aromatic N) is 2. The lowest BCUT2D eigenvalue weighted by molar-refractivity contribution is 0.217. The maximum atomic E-state index is 11.3. The monoisotopic (exact) mass is 207 g/mol. The zero-order valence-electron chi connectivity index (χ0n) is 9.45. The lowest BCUT2D eigenvalue weighted by atomic mass is 10.1. The van der Waals surface area contributed by atoms with Gasteiger partial charge in [0.25, 0.3) is 0 Å². The van der Waals surface area contributed by atoms with E-state index in [0.717, 1.165) is 12.1 Å². The minimum atomic E-state index is -0.0947. The van der Waals surface area contributed by atoms with E-state index in [1.54, 1.807) is 20.3 Å². The Labute approximate surface area is 90.3 Å². The first-order valence-electron chi connectivity index (χ1n) is 5.03. The number of nitrogens with one attached hydrogen (secondary N) is 1. The van der Waals surface area contributed by atoms with E-state index >= 15 is 0 Å². The summed E-state index contributed by atoms with van der Waals surface area (Å²) in [6.07, 6.45) is 2.68. The predicted octanol–water partition coefficient (Wildman–Crippen LogP) is 1.42. The fourth-order valence-corrected chi connectivity index (χ4v) is 1.27. The molecule has 0 spiro atoms. The van der Waals surface area contributed by atoms with Gasteiger partial charge in [-0.2, -0.15) is 0 Å². The first kappa shape index (κ1) is 11.5. The molecular weight excluding hydrogens is 190 g/mol. The van der Waals surface area contributed by atoms with Crippen molar-refractivity contribution in [2.45, 2.75) is 19.9 Å². The lowest BCUT2D eigenvalue weighted by Gasteiger charge is -2.12. The second-order valence-corrected chi connectivity index (χ2v) is 3.52. The number of hydrogen-bond donors (Lipinski definition) is 1. The van der Waals surface area contributed by atoms with E-state index in [9.17, 15) is 4.79 Å². The van der Waals surface area contributed by atoms with E-state index in [2.05, 4.69) is 17.2 Å². The maximum Gasteiger partial charge on any atom is 0.317 e. The normalized spacial score (nSPS) is 9.80. The van der Waals surface area contributed by atoms with Crippen LogP contribution in [0.15, 0.2) is 18.3 Å². The van der Waals surface area contributed by atoms with Crippen LogP contribution in [0.25, 0.3) is 0 Å². The number of pyridine rings is 1. The molecule has 0 radical (unpaired) electrons. The zero-order chi connectivity index (χ0) is 11.3. The largest absolute Gasteiger partial charge is 0.332 e. The van der Waals surface area contributed by atoms with Crippen LogP contribution in [0, 0.1) is 0 Å². The lowest BCUT2D eigenvalue weighted by Crippen LogP contribution is -2.34. The van der Waals surface area contributed by atoms with Gasteiger partial charge in [0.15, 0.2) is 0 Å². The third kappa shape index (κ3) is 3.23. The highest BCUT2D eigenvalue weighted by molar-refractivity contribution is 5.73. The van der Waals surface area contributed by atoms with Gasteiger partial charge < -0.3 is 10.2 Å². The molecule has 4 nitrogen and oxygen atoms in total. The Morgan fingerprint density at radius 1 is 1.53 bits per heavy atom. The van der Waals surface area contributed by atoms with Crippen molar-refractivity contribution in [1.29, 1.82) is 0 Å². The van der Waals surface area contributed by atoms with Gasteiger partial charge in [0, 0.05) is 20.3 Å². The number of carbonyl (C=O) groups is 1. The summed E-state index contributed by atoms with van der Waals surface area (Å²) in [6.45, 7) is 2.56. The number of carbonyl (C=O) groups excluding carboxylic acids is 1. The topological polar surface area (TPSA) is 45.2 Å². The van der Waals surface area contributed by atoms with Crippen LogP contribution in [0.3, 0.4) is 0 Å². The van der Waals surface area contributed by atoms with Crippen LogP contribution in [-0.2, 0) is 13.0 Å². The first-order chi connectivity index (χ1) is 7.15. The van der Waals surface area contributed by atoms with E-state index in [-0.39, 0.29) is 6.03 Å². The molecule has 0 aliphatic heterocycles. The molecule has 1 rings (SSSR count). The van der Waals surface area contributed by atoms with Gasteiger partial charge >= 0.3 is 6.03 Å². The summed E-state index contributed by atoms with van der Waals surface area (Å²) >= 11 is 0. The molecule has 1 aromatic heterocycles. The second-order valence-electron chi connectivity index (χ2n) is 3.52. The Balaban J connectivity index is 2.61. The van der Waals surface area contributed by atoms with Gasteiger partial charge in [0.05, 0.1) is 12.2 Å². The Bertz CT molecular complexity index is 336. The number of rotatable bonds is 3. The molecule has 0 aliphatic carbocycles. The van der Waals surface area contributed by atoms with Crippen molar-refractivity contribution < 1.29 is 4.79 Å². The molecule has 1 heterocycles. The molecule has 0 saturated carbocycles. The van der Waals surface area contributed by atoms with Gasteiger partial charge in [-0.15, -0.1) is 0 Å². The van der Waals surface area contributed by atoms with Crippen LogP contribution in [0.1, 0.15) is 18.2 Å². The number of aryl methyl sites for hydroxylation is 1. The van der Waals surface area contributed by atoms with E-state index in [0.29, 0.717) is 6.54 Å². The van der Waals surface area contributed by atoms with Gasteiger partial charge in [-0.25, -0.2) is 4.79 Å². The number of amides is 2. The van der Waals surface area contributed by atoms with Crippen molar-refractivity contribution in [3.8, 4) is 0 Å². The van der Waals surface area contributed by atoms with Crippen LogP contribution in [0.2, 0.25) is 0 Å². The maximum absolute atomic E-state index is 11.3. The van der Waals surface area contributed by atoms with Gasteiger partial charge in [-0.1, -0.05) is 13.0 Å². The number of aromatic nitrogens is 1. The third-order valence-electron chi connectivity index (χ3n) is 2.18. The summed E-state index contributed by atoms with van der Waals surface area (Å²) in [7, 11) is 3.43. The van der Waals surface area contributed by atoms with Crippen LogP contribution in [-0.4, -0.2) is 30.0 Å². The van der Waals surface area contributed by atoms with Gasteiger partial charge in [-0.05, 0) is 18.1 Å². The van der Waals surface area contributed by atoms with Gasteiger partial charge in [0.2, 0.25) is 0 Å². The second kappa shape index (κ2) is 5.34. The molecule has 4 heteroatoms. The van der Waals surface area contributed by atoms with Crippen molar-refractivity contribution in [2.24, 2.45) is 0 Å². The molecule has 0 unspecified atom stereocenters. The van der Waals surface area contributed by atoms with E-state index < -0.39 is 0 Å². The SMILES string of the molecule is CCc1cccnc1CNC(=O)N(C)C. The van der Waals surface area contributed by atoms with E-state index in [1.807, 2.05) is 12.1 Å². The van der Waals surface area contributed by atoms with Crippen molar-refractivity contribution in [2.75, 3.05) is 14.1 Å². The predicted molar refractivity (Wildman–Crippen MR) is 59.5 cm³/mol. The zero-order valence-corrected chi connectivity index (χ0v) is 9.45. The van der Waals surface area contributed by atoms with Crippen molar-refractivity contribution in [1.82, 2.24) is 15.2 Å². The summed E-state index contributed by atoms with van der Waals surface area (Å²) in [6, 6.07) is 3.85. The molecule has 15 heavy (non-hydrogen) atoms. The highest BCUT2D eigenvalue weighted by Crippen LogP contribution is 2.05. The molecule has 2 amide bonds. The van der Waals surface area contributed by atoms with Crippen molar-refractivity contribution in [3.05, 3.63) is 29.6 Å². The Morgan fingerprint density at radius 3 is 2.87 bits per heavy atom. The Hall–Kier alpha value is -1.58. The summed E-state index contributed by atoms with van der Waals surface area (Å²) in [4.78, 5) is 17.1. The molecule has 0 aliphatic rings. The van der Waals surface area contributed by atoms with Gasteiger partial charge in [-0.3, -0.25) is 4.98 Å².